The topological polar surface area (TPSA) is 119 Å². The van der Waals surface area contributed by atoms with E-state index >= 15 is 4.39 Å². The molecular formula is C30H42F2N6O4S. The van der Waals surface area contributed by atoms with E-state index in [1.165, 1.54) is 6.20 Å². The summed E-state index contributed by atoms with van der Waals surface area (Å²) >= 11 is 0. The van der Waals surface area contributed by atoms with Gasteiger partial charge in [0.15, 0.2) is 11.6 Å². The number of benzene rings is 1. The summed E-state index contributed by atoms with van der Waals surface area (Å²) in [6.07, 6.45) is 8.08. The van der Waals surface area contributed by atoms with Crippen molar-refractivity contribution < 1.29 is 26.7 Å². The van der Waals surface area contributed by atoms with Crippen molar-refractivity contribution in [2.24, 2.45) is 5.92 Å². The zero-order valence-corrected chi connectivity index (χ0v) is 26.5. The van der Waals surface area contributed by atoms with Crippen LogP contribution in [-0.4, -0.2) is 58.8 Å². The molecule has 1 N–H and O–H groups in total. The summed E-state index contributed by atoms with van der Waals surface area (Å²) in [4.78, 5) is 19.1. The molecule has 0 radical (unpaired) electrons. The van der Waals surface area contributed by atoms with Crippen LogP contribution in [0.1, 0.15) is 73.6 Å². The average Bonchev–Trinajstić information content (AvgIpc) is 3.41. The number of esters is 1. The Balaban J connectivity index is 1.80. The van der Waals surface area contributed by atoms with E-state index in [-0.39, 0.29) is 23.3 Å². The third kappa shape index (κ3) is 9.44. The van der Waals surface area contributed by atoms with Gasteiger partial charge in [0.05, 0.1) is 35.4 Å². The molecule has 2 heterocycles. The second-order valence-electron chi connectivity index (χ2n) is 11.4. The molecule has 0 fully saturated rings. The number of anilines is 2. The highest BCUT2D eigenvalue weighted by molar-refractivity contribution is 7.92. The number of sulfonamides is 1. The first-order chi connectivity index (χ1) is 20.3. The van der Waals surface area contributed by atoms with Crippen molar-refractivity contribution in [3.63, 3.8) is 0 Å². The molecule has 13 heteroatoms. The maximum Gasteiger partial charge on any atom is 0.309 e. The Morgan fingerprint density at radius 3 is 2.51 bits per heavy atom. The fourth-order valence-electron chi connectivity index (χ4n) is 4.61. The number of carbonyl (C=O) groups excluding carboxylic acids is 1. The lowest BCUT2D eigenvalue weighted by Crippen LogP contribution is -2.30. The number of ether oxygens (including phenoxy) is 1. The standard InChI is InChI=1S/C30H42F2N6O4S/c1-7-14-37(15-10-11-21(9-3)29(39)42-30(4,5)6)23-17-22(18-33-19-23)26-20-38(36-34-26)28-24(31)12-13-25(27(28)32)35-43(40,41)16-8-2/h12-13,17-21,35H,7-11,14-16H2,1-6H3. The van der Waals surface area contributed by atoms with E-state index in [2.05, 4.69) is 31.8 Å². The minimum atomic E-state index is -3.79. The largest absolute Gasteiger partial charge is 0.460 e. The molecule has 10 nitrogen and oxygen atoms in total. The van der Waals surface area contributed by atoms with Gasteiger partial charge in [0.2, 0.25) is 10.0 Å². The average molecular weight is 621 g/mol. The Hall–Kier alpha value is -3.61. The van der Waals surface area contributed by atoms with E-state index in [1.54, 1.807) is 19.3 Å². The Morgan fingerprint density at radius 2 is 1.86 bits per heavy atom. The molecular weight excluding hydrogens is 578 g/mol. The predicted octanol–water partition coefficient (Wildman–Crippen LogP) is 6.12. The molecule has 0 aliphatic heterocycles. The lowest BCUT2D eigenvalue weighted by atomic mass is 9.99. The van der Waals surface area contributed by atoms with Crippen LogP contribution in [0.5, 0.6) is 0 Å². The zero-order valence-electron chi connectivity index (χ0n) is 25.7. The molecule has 0 saturated heterocycles. The van der Waals surface area contributed by atoms with Crippen LogP contribution in [0.4, 0.5) is 20.2 Å². The van der Waals surface area contributed by atoms with E-state index in [0.29, 0.717) is 37.1 Å². The SMILES string of the molecule is CCCN(CCCC(CC)C(=O)OC(C)(C)C)c1cncc(-c2cn(-c3c(F)ccc(NS(=O)(=O)CCC)c3F)nn2)c1. The molecule has 1 unspecified atom stereocenters. The van der Waals surface area contributed by atoms with Crippen LogP contribution >= 0.6 is 0 Å². The number of rotatable bonds is 15. The van der Waals surface area contributed by atoms with Crippen molar-refractivity contribution in [1.82, 2.24) is 20.0 Å². The van der Waals surface area contributed by atoms with Gasteiger partial charge in [-0.25, -0.2) is 21.9 Å². The van der Waals surface area contributed by atoms with Gasteiger partial charge in [0, 0.05) is 24.8 Å². The summed E-state index contributed by atoms with van der Waals surface area (Å²) in [5.41, 5.74) is 0.298. The Labute approximate surface area is 252 Å². The quantitative estimate of drug-likeness (QED) is 0.202. The van der Waals surface area contributed by atoms with Gasteiger partial charge in [-0.2, -0.15) is 0 Å². The third-order valence-corrected chi connectivity index (χ3v) is 8.10. The number of pyridine rings is 1. The summed E-state index contributed by atoms with van der Waals surface area (Å²) < 4.78 is 63.0. The van der Waals surface area contributed by atoms with Crippen molar-refractivity contribution in [1.29, 1.82) is 0 Å². The van der Waals surface area contributed by atoms with Gasteiger partial charge in [-0.3, -0.25) is 14.5 Å². The molecule has 236 valence electrons. The number of carbonyl (C=O) groups is 1. The van der Waals surface area contributed by atoms with Crippen molar-refractivity contribution >= 4 is 27.4 Å². The van der Waals surface area contributed by atoms with Crippen molar-refractivity contribution in [3.05, 3.63) is 48.4 Å². The number of nitrogens with one attached hydrogen (secondary N) is 1. The van der Waals surface area contributed by atoms with Crippen LogP contribution in [0.3, 0.4) is 0 Å². The van der Waals surface area contributed by atoms with Gasteiger partial charge >= 0.3 is 5.97 Å². The number of halogens is 2. The van der Waals surface area contributed by atoms with E-state index in [9.17, 15) is 17.6 Å². The number of hydrogen-bond donors (Lipinski definition) is 1. The van der Waals surface area contributed by atoms with Crippen LogP contribution in [0, 0.1) is 17.6 Å². The number of nitrogens with zero attached hydrogens (tertiary/aromatic N) is 5. The van der Waals surface area contributed by atoms with Crippen LogP contribution in [-0.2, 0) is 19.6 Å². The minimum absolute atomic E-state index is 0.177. The van der Waals surface area contributed by atoms with Crippen molar-refractivity contribution in [2.75, 3.05) is 28.5 Å². The number of hydrogen-bond acceptors (Lipinski definition) is 8. The molecule has 1 aromatic carbocycles. The Bertz CT molecular complexity index is 1490. The maximum absolute atomic E-state index is 15.3. The molecule has 3 rings (SSSR count). The molecule has 0 bridgehead atoms. The first kappa shape index (κ1) is 33.9. The van der Waals surface area contributed by atoms with E-state index in [4.69, 9.17) is 4.74 Å². The highest BCUT2D eigenvalue weighted by Crippen LogP contribution is 2.28. The molecule has 0 amide bonds. The number of aromatic nitrogens is 4. The van der Waals surface area contributed by atoms with Crippen LogP contribution < -0.4 is 9.62 Å². The molecule has 0 spiro atoms. The van der Waals surface area contributed by atoms with Gasteiger partial charge in [0.1, 0.15) is 17.0 Å². The van der Waals surface area contributed by atoms with Crippen LogP contribution in [0.2, 0.25) is 0 Å². The molecule has 2 aromatic heterocycles. The first-order valence-electron chi connectivity index (χ1n) is 14.6. The van der Waals surface area contributed by atoms with Crippen molar-refractivity contribution in [2.45, 2.75) is 79.2 Å². The Kier molecular flexibility index (Phi) is 11.6. The smallest absolute Gasteiger partial charge is 0.309 e. The fourth-order valence-corrected chi connectivity index (χ4v) is 5.74. The predicted molar refractivity (Wildman–Crippen MR) is 164 cm³/mol. The van der Waals surface area contributed by atoms with E-state index in [0.717, 1.165) is 41.9 Å². The normalized spacial score (nSPS) is 12.7. The molecule has 3 aromatic rings. The fraction of sp³-hybridized carbons (Fsp3) is 0.533. The third-order valence-electron chi connectivity index (χ3n) is 6.62. The summed E-state index contributed by atoms with van der Waals surface area (Å²) in [5.74, 6) is -2.59. The highest BCUT2D eigenvalue weighted by atomic mass is 32.2. The second-order valence-corrected chi connectivity index (χ2v) is 13.3. The lowest BCUT2D eigenvalue weighted by Gasteiger charge is -2.26. The lowest BCUT2D eigenvalue weighted by molar-refractivity contribution is -0.160. The van der Waals surface area contributed by atoms with Crippen LogP contribution in [0.15, 0.2) is 36.8 Å². The summed E-state index contributed by atoms with van der Waals surface area (Å²) in [6.45, 7) is 12.8. The van der Waals surface area contributed by atoms with E-state index < -0.39 is 32.9 Å². The minimum Gasteiger partial charge on any atom is -0.460 e. The van der Waals surface area contributed by atoms with Gasteiger partial charge in [-0.05, 0) is 71.1 Å². The second kappa shape index (κ2) is 14.7. The summed E-state index contributed by atoms with van der Waals surface area (Å²) in [5, 5.41) is 8.01. The monoisotopic (exact) mass is 620 g/mol. The molecule has 0 aliphatic carbocycles. The van der Waals surface area contributed by atoms with Crippen LogP contribution in [0.25, 0.3) is 16.9 Å². The maximum atomic E-state index is 15.3. The molecule has 1 atom stereocenters. The highest BCUT2D eigenvalue weighted by Gasteiger charge is 2.24. The van der Waals surface area contributed by atoms with Gasteiger partial charge in [-0.1, -0.05) is 26.0 Å². The molecule has 43 heavy (non-hydrogen) atoms. The van der Waals surface area contributed by atoms with Gasteiger partial charge < -0.3 is 9.64 Å². The first-order valence-corrected chi connectivity index (χ1v) is 16.3. The summed E-state index contributed by atoms with van der Waals surface area (Å²) in [6, 6.07) is 3.88. The van der Waals surface area contributed by atoms with Gasteiger partial charge in [0.25, 0.3) is 0 Å². The summed E-state index contributed by atoms with van der Waals surface area (Å²) in [7, 11) is -3.79. The van der Waals surface area contributed by atoms with Crippen molar-refractivity contribution in [3.8, 4) is 16.9 Å². The van der Waals surface area contributed by atoms with E-state index in [1.807, 2.05) is 33.8 Å². The molecule has 0 aliphatic rings. The molecule has 0 saturated carbocycles. The zero-order chi connectivity index (χ0) is 31.8. The Morgan fingerprint density at radius 1 is 1.12 bits per heavy atom. The van der Waals surface area contributed by atoms with Gasteiger partial charge in [-0.15, -0.1) is 5.10 Å².